The maximum Gasteiger partial charge on any atom is 0.410 e. The molecule has 150 valence electrons. The zero-order valence-electron chi connectivity index (χ0n) is 17.0. The number of fused-ring (bicyclic) bond motifs is 3. The minimum atomic E-state index is -0.181. The number of hydrogen-bond acceptors (Lipinski definition) is 2. The lowest BCUT2D eigenvalue weighted by molar-refractivity contribution is 0.0943. The zero-order valence-corrected chi connectivity index (χ0v) is 17.0. The molecule has 3 nitrogen and oxygen atoms in total. The van der Waals surface area contributed by atoms with Crippen LogP contribution in [0.15, 0.2) is 61.2 Å². The second-order valence-corrected chi connectivity index (χ2v) is 9.00. The Hall–Kier alpha value is -2.55. The molecule has 5 rings (SSSR count). The summed E-state index contributed by atoms with van der Waals surface area (Å²) in [4.78, 5) is 15.0. The Labute approximate surface area is 173 Å². The van der Waals surface area contributed by atoms with E-state index in [-0.39, 0.29) is 23.5 Å². The highest BCUT2D eigenvalue weighted by Crippen LogP contribution is 2.47. The smallest absolute Gasteiger partial charge is 0.410 e. The highest BCUT2D eigenvalue weighted by Gasteiger charge is 2.45. The molecule has 1 spiro atoms. The van der Waals surface area contributed by atoms with Crippen molar-refractivity contribution < 1.29 is 9.53 Å². The van der Waals surface area contributed by atoms with Crippen LogP contribution in [-0.2, 0) is 4.74 Å². The summed E-state index contributed by atoms with van der Waals surface area (Å²) in [6.07, 6.45) is 9.13. The van der Waals surface area contributed by atoms with Gasteiger partial charge in [0.25, 0.3) is 0 Å². The van der Waals surface area contributed by atoms with Crippen molar-refractivity contribution in [1.82, 2.24) is 4.90 Å². The minimum absolute atomic E-state index is 0.101. The number of ether oxygens (including phenoxy) is 1. The quantitative estimate of drug-likeness (QED) is 0.592. The first kappa shape index (κ1) is 18.5. The van der Waals surface area contributed by atoms with Crippen molar-refractivity contribution in [2.45, 2.75) is 50.5 Å². The van der Waals surface area contributed by atoms with E-state index in [0.29, 0.717) is 6.61 Å². The molecular weight excluding hydrogens is 358 g/mol. The fraction of sp³-hybridized carbons (Fsp3) is 0.423. The number of amides is 1. The van der Waals surface area contributed by atoms with Crippen molar-refractivity contribution in [2.24, 2.45) is 5.41 Å². The maximum absolute atomic E-state index is 13.1. The third kappa shape index (κ3) is 3.17. The van der Waals surface area contributed by atoms with Crippen LogP contribution in [0.25, 0.3) is 11.1 Å². The fourth-order valence-corrected chi connectivity index (χ4v) is 5.85. The number of nitrogens with zero attached hydrogens (tertiary/aromatic N) is 1. The molecular formula is C26H29NO2. The van der Waals surface area contributed by atoms with Crippen molar-refractivity contribution in [1.29, 1.82) is 0 Å². The summed E-state index contributed by atoms with van der Waals surface area (Å²) in [5, 5.41) is 0. The number of hydrogen-bond donors (Lipinski definition) is 0. The van der Waals surface area contributed by atoms with Crippen LogP contribution in [0.5, 0.6) is 0 Å². The maximum atomic E-state index is 13.1. The normalized spacial score (nSPS) is 22.3. The molecule has 0 unspecified atom stereocenters. The van der Waals surface area contributed by atoms with Crippen molar-refractivity contribution in [2.75, 3.05) is 13.2 Å². The van der Waals surface area contributed by atoms with E-state index in [4.69, 9.17) is 4.74 Å². The average Bonchev–Trinajstić information content (AvgIpc) is 3.28. The van der Waals surface area contributed by atoms with E-state index < -0.39 is 0 Å². The molecule has 2 fully saturated rings. The van der Waals surface area contributed by atoms with E-state index in [2.05, 4.69) is 55.1 Å². The highest BCUT2D eigenvalue weighted by molar-refractivity contribution is 5.79. The third-order valence-corrected chi connectivity index (χ3v) is 7.31. The summed E-state index contributed by atoms with van der Waals surface area (Å²) in [5.41, 5.74) is 5.31. The van der Waals surface area contributed by atoms with Crippen molar-refractivity contribution in [3.05, 3.63) is 72.3 Å². The Balaban J connectivity index is 1.32. The summed E-state index contributed by atoms with van der Waals surface area (Å²) in [5.74, 6) is 0.111. The van der Waals surface area contributed by atoms with Gasteiger partial charge in [0.05, 0.1) is 6.04 Å². The van der Waals surface area contributed by atoms with Crippen LogP contribution in [0.2, 0.25) is 0 Å². The lowest BCUT2D eigenvalue weighted by Crippen LogP contribution is -2.37. The van der Waals surface area contributed by atoms with Gasteiger partial charge in [-0.15, -0.1) is 6.58 Å². The molecule has 2 aromatic carbocycles. The first-order valence-electron chi connectivity index (χ1n) is 10.9. The standard InChI is InChI=1S/C26H29NO2/c1-2-19-16-26(14-8-3-9-15-26)18-27(19)25(28)29-17-24-22-12-6-4-10-20(22)21-11-5-7-13-23(21)24/h2,4-7,10-13,19,24H,1,3,8-9,14-18H2/t19-/m1/s1. The molecule has 2 aromatic rings. The van der Waals surface area contributed by atoms with Crippen LogP contribution < -0.4 is 0 Å². The Bertz CT molecular complexity index is 882. The van der Waals surface area contributed by atoms with Crippen LogP contribution in [0.3, 0.4) is 0 Å². The third-order valence-electron chi connectivity index (χ3n) is 7.31. The van der Waals surface area contributed by atoms with E-state index in [0.717, 1.165) is 13.0 Å². The molecule has 0 bridgehead atoms. The summed E-state index contributed by atoms with van der Waals surface area (Å²) in [7, 11) is 0. The van der Waals surface area contributed by atoms with Crippen molar-refractivity contribution >= 4 is 6.09 Å². The molecule has 0 N–H and O–H groups in total. The Kier molecular flexibility index (Phi) is 4.69. The molecule has 1 saturated heterocycles. The van der Waals surface area contributed by atoms with Gasteiger partial charge in [-0.25, -0.2) is 4.79 Å². The average molecular weight is 388 g/mol. The van der Waals surface area contributed by atoms with Gasteiger partial charge >= 0.3 is 6.09 Å². The van der Waals surface area contributed by atoms with Crippen molar-refractivity contribution in [3.8, 4) is 11.1 Å². The van der Waals surface area contributed by atoms with E-state index in [1.54, 1.807) is 0 Å². The largest absolute Gasteiger partial charge is 0.448 e. The van der Waals surface area contributed by atoms with E-state index in [1.807, 2.05) is 11.0 Å². The molecule has 0 radical (unpaired) electrons. The minimum Gasteiger partial charge on any atom is -0.448 e. The van der Waals surface area contributed by atoms with E-state index in [1.165, 1.54) is 54.4 Å². The van der Waals surface area contributed by atoms with Gasteiger partial charge in [0.15, 0.2) is 0 Å². The molecule has 3 heteroatoms. The Morgan fingerprint density at radius 2 is 1.66 bits per heavy atom. The first-order valence-corrected chi connectivity index (χ1v) is 10.9. The lowest BCUT2D eigenvalue weighted by Gasteiger charge is -2.32. The van der Waals surface area contributed by atoms with Gasteiger partial charge in [-0.2, -0.15) is 0 Å². The number of carbonyl (C=O) groups excluding carboxylic acids is 1. The zero-order chi connectivity index (χ0) is 19.8. The molecule has 1 amide bonds. The Morgan fingerprint density at radius 3 is 2.28 bits per heavy atom. The lowest BCUT2D eigenvalue weighted by atomic mass is 9.73. The Morgan fingerprint density at radius 1 is 1.03 bits per heavy atom. The van der Waals surface area contributed by atoms with Crippen LogP contribution >= 0.6 is 0 Å². The molecule has 29 heavy (non-hydrogen) atoms. The molecule has 1 atom stereocenters. The second kappa shape index (κ2) is 7.37. The van der Waals surface area contributed by atoms with Crippen molar-refractivity contribution in [3.63, 3.8) is 0 Å². The number of benzene rings is 2. The molecule has 1 heterocycles. The number of rotatable bonds is 3. The SMILES string of the molecule is C=C[C@@H]1CC2(CCCCC2)CN1C(=O)OCC1c2ccccc2-c2ccccc21. The van der Waals surface area contributed by atoms with E-state index >= 15 is 0 Å². The van der Waals surface area contributed by atoms with Crippen LogP contribution in [0.1, 0.15) is 55.6 Å². The fourth-order valence-electron chi connectivity index (χ4n) is 5.85. The van der Waals surface area contributed by atoms with Gasteiger partial charge in [0.1, 0.15) is 6.61 Å². The molecule has 2 aliphatic carbocycles. The summed E-state index contributed by atoms with van der Waals surface area (Å²) < 4.78 is 5.93. The van der Waals surface area contributed by atoms with Gasteiger partial charge < -0.3 is 9.64 Å². The van der Waals surface area contributed by atoms with Gasteiger partial charge in [0.2, 0.25) is 0 Å². The molecule has 1 aliphatic heterocycles. The topological polar surface area (TPSA) is 29.5 Å². The second-order valence-electron chi connectivity index (χ2n) is 9.00. The summed E-state index contributed by atoms with van der Waals surface area (Å²) in [6, 6.07) is 17.0. The predicted molar refractivity (Wildman–Crippen MR) is 116 cm³/mol. The summed E-state index contributed by atoms with van der Waals surface area (Å²) in [6.45, 7) is 5.21. The van der Waals surface area contributed by atoms with Gasteiger partial charge in [-0.05, 0) is 46.9 Å². The van der Waals surface area contributed by atoms with Crippen LogP contribution in [0.4, 0.5) is 4.79 Å². The monoisotopic (exact) mass is 387 g/mol. The van der Waals surface area contributed by atoms with Crippen LogP contribution in [-0.4, -0.2) is 30.2 Å². The van der Waals surface area contributed by atoms with Crippen LogP contribution in [0, 0.1) is 5.41 Å². The van der Waals surface area contributed by atoms with E-state index in [9.17, 15) is 4.79 Å². The molecule has 1 saturated carbocycles. The number of carbonyl (C=O) groups is 1. The molecule has 0 aromatic heterocycles. The summed E-state index contributed by atoms with van der Waals surface area (Å²) >= 11 is 0. The predicted octanol–water partition coefficient (Wildman–Crippen LogP) is 6.15. The first-order chi connectivity index (χ1) is 14.2. The highest BCUT2D eigenvalue weighted by atomic mass is 16.6. The van der Waals surface area contributed by atoms with Gasteiger partial charge in [0, 0.05) is 12.5 Å². The van der Waals surface area contributed by atoms with Gasteiger partial charge in [-0.3, -0.25) is 0 Å². The molecule has 3 aliphatic rings. The van der Waals surface area contributed by atoms with Gasteiger partial charge in [-0.1, -0.05) is 73.9 Å². The number of likely N-dealkylation sites (tertiary alicyclic amines) is 1.